The number of hydrogen-bond donors (Lipinski definition) is 1. The smallest absolute Gasteiger partial charge is 0.162 e. The van der Waals surface area contributed by atoms with E-state index < -0.39 is 7.14 Å². The second kappa shape index (κ2) is 10.5. The first-order valence-corrected chi connectivity index (χ1v) is 13.7. The lowest BCUT2D eigenvalue weighted by molar-refractivity contribution is 0.0357. The second-order valence-corrected chi connectivity index (χ2v) is 11.6. The van der Waals surface area contributed by atoms with Crippen LogP contribution >= 0.6 is 7.14 Å². The Bertz CT molecular complexity index is 1130. The minimum Gasteiger partial charge on any atom is -0.493 e. The molecule has 1 N–H and O–H groups in total. The van der Waals surface area contributed by atoms with Crippen LogP contribution in [0.4, 0.5) is 11.5 Å². The van der Waals surface area contributed by atoms with Crippen LogP contribution in [0.3, 0.4) is 0 Å². The number of fused-ring (bicyclic) bond motifs is 1. The maximum Gasteiger partial charge on any atom is 0.162 e. The highest BCUT2D eigenvalue weighted by molar-refractivity contribution is 7.70. The van der Waals surface area contributed by atoms with E-state index in [0.29, 0.717) is 23.9 Å². The van der Waals surface area contributed by atoms with Crippen LogP contribution in [0, 0.1) is 0 Å². The molecular formula is C24H31N4O4P. The Balaban J connectivity index is 1.50. The van der Waals surface area contributed by atoms with Gasteiger partial charge in [0.05, 0.1) is 32.4 Å². The summed E-state index contributed by atoms with van der Waals surface area (Å²) >= 11 is 0. The van der Waals surface area contributed by atoms with Crippen molar-refractivity contribution in [2.75, 3.05) is 65.2 Å². The van der Waals surface area contributed by atoms with E-state index in [9.17, 15) is 4.57 Å². The summed E-state index contributed by atoms with van der Waals surface area (Å²) in [5, 5.41) is 5.03. The zero-order valence-corrected chi connectivity index (χ0v) is 20.3. The van der Waals surface area contributed by atoms with Crippen molar-refractivity contribution in [3.05, 3.63) is 42.7 Å². The Hall–Kier alpha value is -2.67. The molecule has 0 unspecified atom stereocenters. The van der Waals surface area contributed by atoms with Crippen molar-refractivity contribution in [3.63, 3.8) is 0 Å². The lowest BCUT2D eigenvalue weighted by atomic mass is 10.2. The average molecular weight is 471 g/mol. The minimum absolute atomic E-state index is 0.589. The maximum absolute atomic E-state index is 12.3. The number of ether oxygens (including phenoxy) is 3. The van der Waals surface area contributed by atoms with Gasteiger partial charge in [-0.25, -0.2) is 9.97 Å². The lowest BCUT2D eigenvalue weighted by Crippen LogP contribution is -2.37. The minimum atomic E-state index is -2.29. The van der Waals surface area contributed by atoms with Gasteiger partial charge in [-0.15, -0.1) is 0 Å². The van der Waals surface area contributed by atoms with E-state index in [1.54, 1.807) is 20.4 Å². The summed E-state index contributed by atoms with van der Waals surface area (Å²) in [5.41, 5.74) is 1.62. The van der Waals surface area contributed by atoms with Gasteiger partial charge in [0.1, 0.15) is 19.3 Å². The van der Waals surface area contributed by atoms with Crippen LogP contribution < -0.4 is 20.1 Å². The van der Waals surface area contributed by atoms with Crippen molar-refractivity contribution in [1.82, 2.24) is 14.9 Å². The molecule has 0 radical (unpaired) electrons. The van der Waals surface area contributed by atoms with E-state index in [0.717, 1.165) is 61.2 Å². The number of rotatable bonds is 9. The predicted octanol–water partition coefficient (Wildman–Crippen LogP) is 3.73. The van der Waals surface area contributed by atoms with E-state index >= 15 is 0 Å². The van der Waals surface area contributed by atoms with Crippen LogP contribution in [0.2, 0.25) is 0 Å². The third-order valence-electron chi connectivity index (χ3n) is 5.65. The fourth-order valence-corrected chi connectivity index (χ4v) is 4.64. The molecule has 0 saturated carbocycles. The molecule has 0 aliphatic carbocycles. The molecule has 1 aliphatic heterocycles. The first-order valence-electron chi connectivity index (χ1n) is 11.1. The van der Waals surface area contributed by atoms with Crippen LogP contribution in [0.25, 0.3) is 10.9 Å². The van der Waals surface area contributed by atoms with Gasteiger partial charge >= 0.3 is 0 Å². The van der Waals surface area contributed by atoms with Gasteiger partial charge in [-0.05, 0) is 50.1 Å². The first-order chi connectivity index (χ1) is 15.9. The van der Waals surface area contributed by atoms with Gasteiger partial charge in [-0.2, -0.15) is 0 Å². The van der Waals surface area contributed by atoms with Crippen molar-refractivity contribution < 1.29 is 18.8 Å². The largest absolute Gasteiger partial charge is 0.493 e. The number of nitrogens with one attached hydrogen (secondary N) is 1. The average Bonchev–Trinajstić information content (AvgIpc) is 2.82. The second-order valence-electron chi connectivity index (χ2n) is 8.42. The molecule has 2 heterocycles. The molecule has 8 nitrogen and oxygen atoms in total. The van der Waals surface area contributed by atoms with Crippen molar-refractivity contribution in [2.24, 2.45) is 0 Å². The van der Waals surface area contributed by atoms with Gasteiger partial charge in [-0.3, -0.25) is 4.90 Å². The quantitative estimate of drug-likeness (QED) is 0.374. The summed E-state index contributed by atoms with van der Waals surface area (Å²) in [6.07, 6.45) is 2.44. The molecule has 1 aromatic heterocycles. The standard InChI is InChI=1S/C24H31N4O4P/c1-30-22-16-21-20(15-23(22)32-12-4-9-28-10-13-31-14-11-28)24(26-17-25-21)27-18-5-7-19(8-6-18)33(2,3)29/h5-8,15-17H,4,9-14H2,1-3H3,(H,25,26,27). The summed E-state index contributed by atoms with van der Waals surface area (Å²) in [7, 11) is -0.662. The molecule has 33 heavy (non-hydrogen) atoms. The molecule has 4 rings (SSSR count). The first kappa shape index (κ1) is 23.5. The number of nitrogens with zero attached hydrogens (tertiary/aromatic N) is 3. The molecular weight excluding hydrogens is 439 g/mol. The highest BCUT2D eigenvalue weighted by atomic mass is 31.2. The van der Waals surface area contributed by atoms with Crippen LogP contribution in [0.5, 0.6) is 11.5 Å². The van der Waals surface area contributed by atoms with Gasteiger partial charge in [0.15, 0.2) is 11.5 Å². The number of hydrogen-bond acceptors (Lipinski definition) is 8. The van der Waals surface area contributed by atoms with Crippen molar-refractivity contribution in [3.8, 4) is 11.5 Å². The summed E-state index contributed by atoms with van der Waals surface area (Å²) in [5.74, 6) is 1.98. The molecule has 176 valence electrons. The molecule has 1 saturated heterocycles. The number of anilines is 2. The maximum atomic E-state index is 12.3. The van der Waals surface area contributed by atoms with E-state index in [2.05, 4.69) is 20.2 Å². The number of morpholine rings is 1. The molecule has 2 aromatic carbocycles. The van der Waals surface area contributed by atoms with Crippen LogP contribution in [-0.4, -0.2) is 74.8 Å². The molecule has 9 heteroatoms. The monoisotopic (exact) mass is 470 g/mol. The van der Waals surface area contributed by atoms with Crippen molar-refractivity contribution in [2.45, 2.75) is 6.42 Å². The highest BCUT2D eigenvalue weighted by Crippen LogP contribution is 2.36. The Morgan fingerprint density at radius 1 is 1.09 bits per heavy atom. The van der Waals surface area contributed by atoms with Gasteiger partial charge in [0.2, 0.25) is 0 Å². The molecule has 1 fully saturated rings. The van der Waals surface area contributed by atoms with Crippen LogP contribution in [-0.2, 0) is 9.30 Å². The fourth-order valence-electron chi connectivity index (χ4n) is 3.77. The van der Waals surface area contributed by atoms with Crippen LogP contribution in [0.1, 0.15) is 6.42 Å². The Kier molecular flexibility index (Phi) is 7.48. The van der Waals surface area contributed by atoms with Gasteiger partial charge in [0, 0.05) is 42.1 Å². The van der Waals surface area contributed by atoms with Crippen molar-refractivity contribution in [1.29, 1.82) is 0 Å². The summed E-state index contributed by atoms with van der Waals surface area (Å²) in [4.78, 5) is 11.2. The Labute approximate surface area is 194 Å². The lowest BCUT2D eigenvalue weighted by Gasteiger charge is -2.26. The van der Waals surface area contributed by atoms with E-state index in [4.69, 9.17) is 14.2 Å². The molecule has 1 aliphatic rings. The molecule has 0 amide bonds. The molecule has 0 spiro atoms. The summed E-state index contributed by atoms with van der Waals surface area (Å²) in [6.45, 7) is 8.65. The van der Waals surface area contributed by atoms with Crippen LogP contribution in [0.15, 0.2) is 42.7 Å². The Morgan fingerprint density at radius 2 is 1.85 bits per heavy atom. The molecule has 0 atom stereocenters. The van der Waals surface area contributed by atoms with E-state index in [1.165, 1.54) is 6.33 Å². The summed E-state index contributed by atoms with van der Waals surface area (Å²) in [6, 6.07) is 11.4. The predicted molar refractivity (Wildman–Crippen MR) is 132 cm³/mol. The topological polar surface area (TPSA) is 85.8 Å². The highest BCUT2D eigenvalue weighted by Gasteiger charge is 2.14. The normalized spacial score (nSPS) is 14.9. The summed E-state index contributed by atoms with van der Waals surface area (Å²) < 4.78 is 29.3. The number of aromatic nitrogens is 2. The number of benzene rings is 2. The van der Waals surface area contributed by atoms with Gasteiger partial charge < -0.3 is 24.1 Å². The third kappa shape index (κ3) is 6.02. The number of methoxy groups -OCH3 is 1. The molecule has 3 aromatic rings. The van der Waals surface area contributed by atoms with E-state index in [-0.39, 0.29) is 0 Å². The fraction of sp³-hybridized carbons (Fsp3) is 0.417. The zero-order valence-electron chi connectivity index (χ0n) is 19.4. The van der Waals surface area contributed by atoms with Gasteiger partial charge in [-0.1, -0.05) is 0 Å². The third-order valence-corrected chi connectivity index (χ3v) is 7.19. The van der Waals surface area contributed by atoms with Crippen molar-refractivity contribution >= 4 is 34.9 Å². The SMILES string of the molecule is COc1cc2ncnc(Nc3ccc(P(C)(C)=O)cc3)c2cc1OCCCN1CCOCC1. The molecule has 0 bridgehead atoms. The zero-order chi connectivity index (χ0) is 23.3. The van der Waals surface area contributed by atoms with E-state index in [1.807, 2.05) is 36.4 Å². The van der Waals surface area contributed by atoms with Gasteiger partial charge in [0.25, 0.3) is 0 Å². The Morgan fingerprint density at radius 3 is 2.55 bits per heavy atom.